The number of halogens is 3. The Hall–Kier alpha value is -1.56. The van der Waals surface area contributed by atoms with Crippen LogP contribution in [0.25, 0.3) is 0 Å². The molecule has 1 aromatic carbocycles. The van der Waals surface area contributed by atoms with Gasteiger partial charge in [0, 0.05) is 12.0 Å². The molecule has 20 heavy (non-hydrogen) atoms. The minimum absolute atomic E-state index is 0.0262. The van der Waals surface area contributed by atoms with Gasteiger partial charge in [0.15, 0.2) is 0 Å². The molecule has 112 valence electrons. The fourth-order valence-electron chi connectivity index (χ4n) is 2.04. The predicted octanol–water partition coefficient (Wildman–Crippen LogP) is 2.80. The van der Waals surface area contributed by atoms with Crippen LogP contribution in [0, 0.1) is 0 Å². The van der Waals surface area contributed by atoms with E-state index in [1.54, 1.807) is 6.92 Å². The van der Waals surface area contributed by atoms with Gasteiger partial charge in [-0.1, -0.05) is 19.1 Å². The average molecular weight is 288 g/mol. The Balaban J connectivity index is 3.05. The number of nitrogens with two attached hydrogens (primary N) is 1. The molecular weight excluding hydrogens is 269 g/mol. The Kier molecular flexibility index (Phi) is 5.16. The summed E-state index contributed by atoms with van der Waals surface area (Å²) in [5.41, 5.74) is 4.37. The van der Waals surface area contributed by atoms with Crippen LogP contribution in [0.1, 0.15) is 37.8 Å². The molecule has 1 rings (SSSR count). The Bertz CT molecular complexity index is 456. The summed E-state index contributed by atoms with van der Waals surface area (Å²) >= 11 is 0. The van der Waals surface area contributed by atoms with E-state index < -0.39 is 23.2 Å². The molecule has 1 aromatic rings. The molecule has 0 aromatic heterocycles. The molecule has 0 heterocycles. The van der Waals surface area contributed by atoms with Crippen LogP contribution in [0.15, 0.2) is 24.3 Å². The van der Waals surface area contributed by atoms with Crippen molar-refractivity contribution < 1.29 is 18.0 Å². The fourth-order valence-corrected chi connectivity index (χ4v) is 2.04. The van der Waals surface area contributed by atoms with Gasteiger partial charge in [0.1, 0.15) is 0 Å². The third-order valence-corrected chi connectivity index (χ3v) is 3.14. The quantitative estimate of drug-likeness (QED) is 0.845. The monoisotopic (exact) mass is 288 g/mol. The standard InChI is InChI=1S/C14H19F3N2O/c1-3-8-19-13(2,9-12(18)20)10-4-6-11(7-5-10)14(15,16)17/h4-7,19H,3,8-9H2,1-2H3,(H2,18,20). The number of amides is 1. The van der Waals surface area contributed by atoms with Gasteiger partial charge in [-0.25, -0.2) is 0 Å². The number of hydrogen-bond donors (Lipinski definition) is 2. The van der Waals surface area contributed by atoms with Gasteiger partial charge in [0.2, 0.25) is 5.91 Å². The van der Waals surface area contributed by atoms with Crippen molar-refractivity contribution in [3.8, 4) is 0 Å². The van der Waals surface area contributed by atoms with Gasteiger partial charge in [0.25, 0.3) is 0 Å². The van der Waals surface area contributed by atoms with Gasteiger partial charge in [-0.05, 0) is 37.6 Å². The lowest BCUT2D eigenvalue weighted by molar-refractivity contribution is -0.137. The Morgan fingerprint density at radius 3 is 2.10 bits per heavy atom. The summed E-state index contributed by atoms with van der Waals surface area (Å²) in [5, 5.41) is 3.17. The van der Waals surface area contributed by atoms with Crippen molar-refractivity contribution in [2.24, 2.45) is 5.73 Å². The Labute approximate surface area is 116 Å². The van der Waals surface area contributed by atoms with Crippen molar-refractivity contribution in [1.29, 1.82) is 0 Å². The minimum atomic E-state index is -4.37. The topological polar surface area (TPSA) is 55.1 Å². The van der Waals surface area contributed by atoms with Crippen molar-refractivity contribution in [1.82, 2.24) is 5.32 Å². The highest BCUT2D eigenvalue weighted by molar-refractivity contribution is 5.75. The average Bonchev–Trinajstić information content (AvgIpc) is 2.35. The van der Waals surface area contributed by atoms with Crippen LogP contribution in [-0.4, -0.2) is 12.5 Å². The number of primary amides is 1. The molecular formula is C14H19F3N2O. The van der Waals surface area contributed by atoms with E-state index in [0.29, 0.717) is 12.1 Å². The Morgan fingerprint density at radius 1 is 1.20 bits per heavy atom. The second-order valence-corrected chi connectivity index (χ2v) is 4.98. The molecule has 0 aliphatic carbocycles. The molecule has 1 amide bonds. The maximum Gasteiger partial charge on any atom is 0.416 e. The number of nitrogens with one attached hydrogen (secondary N) is 1. The first-order valence-electron chi connectivity index (χ1n) is 6.40. The summed E-state index contributed by atoms with van der Waals surface area (Å²) in [6.45, 7) is 4.37. The van der Waals surface area contributed by atoms with Crippen LogP contribution in [-0.2, 0) is 16.5 Å². The number of hydrogen-bond acceptors (Lipinski definition) is 2. The molecule has 1 unspecified atom stereocenters. The number of rotatable bonds is 6. The molecule has 1 atom stereocenters. The van der Waals surface area contributed by atoms with Crippen LogP contribution >= 0.6 is 0 Å². The summed E-state index contributed by atoms with van der Waals surface area (Å²) in [6.07, 6.45) is -3.50. The molecule has 3 N–H and O–H groups in total. The molecule has 0 aliphatic heterocycles. The van der Waals surface area contributed by atoms with E-state index in [-0.39, 0.29) is 6.42 Å². The molecule has 0 fully saturated rings. The smallest absolute Gasteiger partial charge is 0.370 e. The van der Waals surface area contributed by atoms with Crippen molar-refractivity contribution in [2.45, 2.75) is 38.4 Å². The minimum Gasteiger partial charge on any atom is -0.370 e. The predicted molar refractivity (Wildman–Crippen MR) is 70.9 cm³/mol. The van der Waals surface area contributed by atoms with Crippen molar-refractivity contribution in [3.63, 3.8) is 0 Å². The van der Waals surface area contributed by atoms with Crippen molar-refractivity contribution in [2.75, 3.05) is 6.54 Å². The lowest BCUT2D eigenvalue weighted by Gasteiger charge is -2.30. The van der Waals surface area contributed by atoms with Gasteiger partial charge in [-0.15, -0.1) is 0 Å². The molecule has 6 heteroatoms. The van der Waals surface area contributed by atoms with E-state index in [0.717, 1.165) is 18.6 Å². The van der Waals surface area contributed by atoms with Crippen LogP contribution in [0.4, 0.5) is 13.2 Å². The molecule has 0 aliphatic rings. The first-order chi connectivity index (χ1) is 9.19. The summed E-state index contributed by atoms with van der Waals surface area (Å²) in [5.74, 6) is -0.504. The third-order valence-electron chi connectivity index (χ3n) is 3.14. The Morgan fingerprint density at radius 2 is 1.70 bits per heavy atom. The first kappa shape index (κ1) is 16.5. The molecule has 3 nitrogen and oxygen atoms in total. The lowest BCUT2D eigenvalue weighted by atomic mass is 9.87. The lowest BCUT2D eigenvalue weighted by Crippen LogP contribution is -2.43. The van der Waals surface area contributed by atoms with E-state index in [9.17, 15) is 18.0 Å². The van der Waals surface area contributed by atoms with Crippen LogP contribution in [0.3, 0.4) is 0 Å². The van der Waals surface area contributed by atoms with E-state index in [1.165, 1.54) is 12.1 Å². The second kappa shape index (κ2) is 6.26. The van der Waals surface area contributed by atoms with Gasteiger partial charge >= 0.3 is 6.18 Å². The number of carbonyl (C=O) groups excluding carboxylic acids is 1. The van der Waals surface area contributed by atoms with Crippen molar-refractivity contribution >= 4 is 5.91 Å². The highest BCUT2D eigenvalue weighted by Crippen LogP contribution is 2.31. The zero-order valence-corrected chi connectivity index (χ0v) is 11.6. The van der Waals surface area contributed by atoms with Gasteiger partial charge in [-0.3, -0.25) is 4.79 Å². The normalized spacial score (nSPS) is 14.8. The SMILES string of the molecule is CCCNC(C)(CC(N)=O)c1ccc(C(F)(F)F)cc1. The molecule has 0 saturated carbocycles. The van der Waals surface area contributed by atoms with Crippen LogP contribution in [0.5, 0.6) is 0 Å². The third kappa shape index (κ3) is 4.23. The van der Waals surface area contributed by atoms with Crippen molar-refractivity contribution in [3.05, 3.63) is 35.4 Å². The largest absolute Gasteiger partial charge is 0.416 e. The number of alkyl halides is 3. The molecule has 0 bridgehead atoms. The molecule has 0 radical (unpaired) electrons. The van der Waals surface area contributed by atoms with E-state index in [4.69, 9.17) is 5.73 Å². The zero-order chi connectivity index (χ0) is 15.4. The zero-order valence-electron chi connectivity index (χ0n) is 11.6. The maximum atomic E-state index is 12.5. The first-order valence-corrected chi connectivity index (χ1v) is 6.40. The van der Waals surface area contributed by atoms with E-state index in [2.05, 4.69) is 5.32 Å². The molecule has 0 spiro atoms. The maximum absolute atomic E-state index is 12.5. The van der Waals surface area contributed by atoms with Gasteiger partial charge in [0.05, 0.1) is 5.56 Å². The van der Waals surface area contributed by atoms with E-state index >= 15 is 0 Å². The van der Waals surface area contributed by atoms with Crippen LogP contribution in [0.2, 0.25) is 0 Å². The summed E-state index contributed by atoms with van der Waals surface area (Å²) in [6, 6.07) is 4.80. The van der Waals surface area contributed by atoms with Gasteiger partial charge in [-0.2, -0.15) is 13.2 Å². The number of benzene rings is 1. The second-order valence-electron chi connectivity index (χ2n) is 4.98. The summed E-state index contributed by atoms with van der Waals surface area (Å²) in [7, 11) is 0. The van der Waals surface area contributed by atoms with E-state index in [1.807, 2.05) is 6.92 Å². The number of carbonyl (C=O) groups is 1. The summed E-state index contributed by atoms with van der Waals surface area (Å²) < 4.78 is 37.6. The summed E-state index contributed by atoms with van der Waals surface area (Å²) in [4.78, 5) is 11.2. The van der Waals surface area contributed by atoms with Gasteiger partial charge < -0.3 is 11.1 Å². The fraction of sp³-hybridized carbons (Fsp3) is 0.500. The molecule has 0 saturated heterocycles. The highest BCUT2D eigenvalue weighted by atomic mass is 19.4. The highest BCUT2D eigenvalue weighted by Gasteiger charge is 2.32. The van der Waals surface area contributed by atoms with Crippen LogP contribution < -0.4 is 11.1 Å².